The molecule has 5 nitrogen and oxygen atoms in total. The number of carbonyl (C=O) groups is 1. The van der Waals surface area contributed by atoms with Gasteiger partial charge < -0.3 is 15.4 Å². The van der Waals surface area contributed by atoms with Gasteiger partial charge in [-0.3, -0.25) is 9.69 Å². The summed E-state index contributed by atoms with van der Waals surface area (Å²) in [5.41, 5.74) is 0. The number of nitrogens with zero attached hydrogens (tertiary/aromatic N) is 1. The fraction of sp³-hybridized carbons (Fsp3) is 0.938. The normalized spacial score (nSPS) is 32.1. The molecule has 4 unspecified atom stereocenters. The Kier molecular flexibility index (Phi) is 9.16. The summed E-state index contributed by atoms with van der Waals surface area (Å²) in [5, 5.41) is 6.70. The molecule has 0 spiro atoms. The fourth-order valence-electron chi connectivity index (χ4n) is 4.04. The van der Waals surface area contributed by atoms with Gasteiger partial charge in [-0.1, -0.05) is 12.8 Å². The summed E-state index contributed by atoms with van der Waals surface area (Å²) in [5.74, 6) is 0.927. The molecule has 3 aliphatic rings. The van der Waals surface area contributed by atoms with Gasteiger partial charge in [0.05, 0.1) is 19.3 Å². The number of hydrogen-bond acceptors (Lipinski definition) is 4. The number of halogens is 2. The molecule has 4 atom stereocenters. The van der Waals surface area contributed by atoms with Crippen LogP contribution in [0.4, 0.5) is 0 Å². The molecule has 136 valence electrons. The predicted molar refractivity (Wildman–Crippen MR) is 96.6 cm³/mol. The second-order valence-electron chi connectivity index (χ2n) is 6.85. The van der Waals surface area contributed by atoms with E-state index in [9.17, 15) is 4.79 Å². The van der Waals surface area contributed by atoms with Crippen LogP contribution in [-0.4, -0.2) is 61.8 Å². The summed E-state index contributed by atoms with van der Waals surface area (Å²) >= 11 is 0. The van der Waals surface area contributed by atoms with Crippen molar-refractivity contribution < 1.29 is 9.53 Å². The fourth-order valence-corrected chi connectivity index (χ4v) is 4.04. The maximum atomic E-state index is 12.4. The highest BCUT2D eigenvalue weighted by Crippen LogP contribution is 2.33. The van der Waals surface area contributed by atoms with Gasteiger partial charge in [0.1, 0.15) is 0 Å². The highest BCUT2D eigenvalue weighted by molar-refractivity contribution is 5.85. The quantitative estimate of drug-likeness (QED) is 0.791. The molecular weight excluding hydrogens is 337 g/mol. The summed E-state index contributed by atoms with van der Waals surface area (Å²) in [6.45, 7) is 6.50. The molecule has 1 saturated carbocycles. The van der Waals surface area contributed by atoms with E-state index in [0.29, 0.717) is 12.1 Å². The topological polar surface area (TPSA) is 53.6 Å². The molecule has 0 aromatic rings. The molecule has 1 aliphatic carbocycles. The highest BCUT2D eigenvalue weighted by atomic mass is 35.5. The maximum Gasteiger partial charge on any atom is 0.237 e. The Hall–Kier alpha value is -0.0700. The standard InChI is InChI=1S/C16H29N3O2.2ClH/c1-12(19-6-8-21-9-7-19)11-17-16(20)15-10-13-4-2-3-5-14(13)18-15;;/h12-15,18H,2-11H2,1H3,(H,17,20);2*1H. The van der Waals surface area contributed by atoms with Gasteiger partial charge in [0, 0.05) is 31.7 Å². The summed E-state index contributed by atoms with van der Waals surface area (Å²) in [6.07, 6.45) is 6.23. The van der Waals surface area contributed by atoms with E-state index >= 15 is 0 Å². The van der Waals surface area contributed by atoms with Crippen molar-refractivity contribution in [2.75, 3.05) is 32.8 Å². The zero-order chi connectivity index (χ0) is 14.7. The highest BCUT2D eigenvalue weighted by Gasteiger charge is 2.38. The number of ether oxygens (including phenoxy) is 1. The van der Waals surface area contributed by atoms with Crippen LogP contribution in [0, 0.1) is 5.92 Å². The van der Waals surface area contributed by atoms with Crippen LogP contribution in [0.1, 0.15) is 39.0 Å². The molecule has 7 heteroatoms. The van der Waals surface area contributed by atoms with Gasteiger partial charge in [0.2, 0.25) is 5.91 Å². The SMILES string of the molecule is CC(CNC(=O)C1CC2CCCCC2N1)N1CCOCC1.Cl.Cl. The lowest BCUT2D eigenvalue weighted by molar-refractivity contribution is -0.123. The third kappa shape index (κ3) is 5.46. The Morgan fingerprint density at radius 3 is 2.65 bits per heavy atom. The largest absolute Gasteiger partial charge is 0.379 e. The van der Waals surface area contributed by atoms with Crippen LogP contribution < -0.4 is 10.6 Å². The van der Waals surface area contributed by atoms with Crippen LogP contribution in [0.25, 0.3) is 0 Å². The number of morpholine rings is 1. The predicted octanol–water partition coefficient (Wildman–Crippen LogP) is 1.59. The van der Waals surface area contributed by atoms with Gasteiger partial charge >= 0.3 is 0 Å². The van der Waals surface area contributed by atoms with Gasteiger partial charge in [-0.15, -0.1) is 24.8 Å². The molecule has 2 N–H and O–H groups in total. The number of hydrogen-bond donors (Lipinski definition) is 2. The molecular formula is C16H31Cl2N3O2. The van der Waals surface area contributed by atoms with E-state index in [1.807, 2.05) is 0 Å². The van der Waals surface area contributed by atoms with Gasteiger partial charge in [0.15, 0.2) is 0 Å². The Labute approximate surface area is 152 Å². The molecule has 0 bridgehead atoms. The molecule has 3 rings (SSSR count). The average Bonchev–Trinajstić information content (AvgIpc) is 2.97. The summed E-state index contributed by atoms with van der Waals surface area (Å²) < 4.78 is 5.37. The number of fused-ring (bicyclic) bond motifs is 1. The zero-order valence-electron chi connectivity index (χ0n) is 14.0. The Balaban J connectivity index is 0.00000132. The first-order valence-electron chi connectivity index (χ1n) is 8.59. The number of nitrogens with one attached hydrogen (secondary N) is 2. The van der Waals surface area contributed by atoms with Crippen LogP contribution in [-0.2, 0) is 9.53 Å². The summed E-state index contributed by atoms with van der Waals surface area (Å²) in [7, 11) is 0. The van der Waals surface area contributed by atoms with Crippen molar-refractivity contribution in [2.45, 2.75) is 57.2 Å². The van der Waals surface area contributed by atoms with Crippen LogP contribution in [0.3, 0.4) is 0 Å². The smallest absolute Gasteiger partial charge is 0.237 e. The second kappa shape index (κ2) is 10.0. The van der Waals surface area contributed by atoms with Crippen molar-refractivity contribution in [1.82, 2.24) is 15.5 Å². The number of carbonyl (C=O) groups excluding carboxylic acids is 1. The van der Waals surface area contributed by atoms with E-state index in [1.54, 1.807) is 0 Å². The monoisotopic (exact) mass is 367 g/mol. The van der Waals surface area contributed by atoms with Crippen molar-refractivity contribution in [3.8, 4) is 0 Å². The molecule has 2 heterocycles. The van der Waals surface area contributed by atoms with E-state index in [2.05, 4.69) is 22.5 Å². The van der Waals surface area contributed by atoms with Crippen molar-refractivity contribution in [1.29, 1.82) is 0 Å². The van der Waals surface area contributed by atoms with Gasteiger partial charge in [0.25, 0.3) is 0 Å². The van der Waals surface area contributed by atoms with E-state index < -0.39 is 0 Å². The van der Waals surface area contributed by atoms with Gasteiger partial charge in [-0.25, -0.2) is 0 Å². The average molecular weight is 368 g/mol. The molecule has 2 aliphatic heterocycles. The van der Waals surface area contributed by atoms with Gasteiger partial charge in [-0.2, -0.15) is 0 Å². The van der Waals surface area contributed by atoms with E-state index in [1.165, 1.54) is 25.7 Å². The number of amides is 1. The lowest BCUT2D eigenvalue weighted by atomic mass is 9.85. The van der Waals surface area contributed by atoms with Crippen LogP contribution in [0.15, 0.2) is 0 Å². The molecule has 1 amide bonds. The molecule has 0 radical (unpaired) electrons. The Morgan fingerprint density at radius 2 is 1.96 bits per heavy atom. The van der Waals surface area contributed by atoms with Crippen LogP contribution in [0.2, 0.25) is 0 Å². The lowest BCUT2D eigenvalue weighted by Crippen LogP contribution is -2.50. The van der Waals surface area contributed by atoms with Gasteiger partial charge in [-0.05, 0) is 32.1 Å². The Bertz CT molecular complexity index is 353. The second-order valence-corrected chi connectivity index (χ2v) is 6.85. The molecule has 0 aromatic carbocycles. The molecule has 23 heavy (non-hydrogen) atoms. The van der Waals surface area contributed by atoms with Crippen molar-refractivity contribution in [2.24, 2.45) is 5.92 Å². The van der Waals surface area contributed by atoms with E-state index in [4.69, 9.17) is 4.74 Å². The van der Waals surface area contributed by atoms with Crippen LogP contribution >= 0.6 is 24.8 Å². The maximum absolute atomic E-state index is 12.4. The number of rotatable bonds is 4. The van der Waals surface area contributed by atoms with E-state index in [0.717, 1.165) is 45.2 Å². The third-order valence-corrected chi connectivity index (χ3v) is 5.42. The Morgan fingerprint density at radius 1 is 1.26 bits per heavy atom. The van der Waals surface area contributed by atoms with Crippen molar-refractivity contribution >= 4 is 30.7 Å². The summed E-state index contributed by atoms with van der Waals surface area (Å²) in [6, 6.07) is 1.02. The van der Waals surface area contributed by atoms with Crippen molar-refractivity contribution in [3.63, 3.8) is 0 Å². The minimum absolute atomic E-state index is 0. The zero-order valence-corrected chi connectivity index (χ0v) is 15.6. The minimum Gasteiger partial charge on any atom is -0.379 e. The van der Waals surface area contributed by atoms with Crippen molar-refractivity contribution in [3.05, 3.63) is 0 Å². The minimum atomic E-state index is 0. The summed E-state index contributed by atoms with van der Waals surface area (Å²) in [4.78, 5) is 14.8. The first kappa shape index (κ1) is 21.0. The first-order chi connectivity index (χ1) is 10.2. The van der Waals surface area contributed by atoms with E-state index in [-0.39, 0.29) is 36.8 Å². The first-order valence-corrected chi connectivity index (χ1v) is 8.59. The molecule has 0 aromatic heterocycles. The molecule has 3 fully saturated rings. The third-order valence-electron chi connectivity index (χ3n) is 5.42. The molecule has 2 saturated heterocycles. The lowest BCUT2D eigenvalue weighted by Gasteiger charge is -2.32. The van der Waals surface area contributed by atoms with Crippen LogP contribution in [0.5, 0.6) is 0 Å².